The van der Waals surface area contributed by atoms with E-state index in [-0.39, 0.29) is 0 Å². The number of para-hydroxylation sites is 3. The van der Waals surface area contributed by atoms with E-state index in [0.717, 1.165) is 28.6 Å². The van der Waals surface area contributed by atoms with Gasteiger partial charge in [-0.25, -0.2) is 0 Å². The molecule has 1 N–H and O–H groups in total. The third kappa shape index (κ3) is 2.59. The lowest BCUT2D eigenvalue weighted by atomic mass is 9.96. The number of nitrogens with zero attached hydrogens (tertiary/aromatic N) is 1. The lowest BCUT2D eigenvalue weighted by Gasteiger charge is -2.19. The first kappa shape index (κ1) is 13.4. The molecule has 3 heteroatoms. The zero-order valence-electron chi connectivity index (χ0n) is 12.6. The predicted octanol–water partition coefficient (Wildman–Crippen LogP) is 4.98. The minimum atomic E-state index is 0.426. The van der Waals surface area contributed by atoms with Gasteiger partial charge < -0.3 is 10.1 Å². The van der Waals surface area contributed by atoms with Gasteiger partial charge in [-0.1, -0.05) is 43.5 Å². The van der Waals surface area contributed by atoms with Gasteiger partial charge in [0.25, 0.3) is 0 Å². The molecule has 0 atom stereocenters. The normalized spacial score (nSPS) is 19.5. The van der Waals surface area contributed by atoms with E-state index in [1.165, 1.54) is 32.1 Å². The molecular weight excluding hydrogens is 272 g/mol. The van der Waals surface area contributed by atoms with Crippen molar-refractivity contribution in [1.29, 1.82) is 0 Å². The number of rotatable bonds is 1. The van der Waals surface area contributed by atoms with Crippen LogP contribution in [0.2, 0.25) is 0 Å². The Hall–Kier alpha value is -2.29. The van der Waals surface area contributed by atoms with Crippen LogP contribution < -0.4 is 10.1 Å². The highest BCUT2D eigenvalue weighted by Crippen LogP contribution is 2.35. The number of amidine groups is 1. The van der Waals surface area contributed by atoms with Crippen LogP contribution in [0.4, 0.5) is 5.69 Å². The molecule has 22 heavy (non-hydrogen) atoms. The minimum Gasteiger partial charge on any atom is -0.454 e. The summed E-state index contributed by atoms with van der Waals surface area (Å²) in [5.41, 5.74) is 2.03. The van der Waals surface area contributed by atoms with Crippen LogP contribution in [0.1, 0.15) is 37.7 Å². The molecule has 3 nitrogen and oxygen atoms in total. The minimum absolute atomic E-state index is 0.426. The van der Waals surface area contributed by atoms with Gasteiger partial charge in [0.15, 0.2) is 5.75 Å². The van der Waals surface area contributed by atoms with Crippen molar-refractivity contribution in [3.05, 3.63) is 54.1 Å². The fourth-order valence-corrected chi connectivity index (χ4v) is 3.22. The SMILES string of the molecule is c1ccc2c(c1)NC(=NC1CCCCC1)c1ccccc1O2. The van der Waals surface area contributed by atoms with Gasteiger partial charge in [0.05, 0.1) is 17.3 Å². The first-order chi connectivity index (χ1) is 10.9. The summed E-state index contributed by atoms with van der Waals surface area (Å²) in [6.45, 7) is 0. The number of benzene rings is 2. The average Bonchev–Trinajstić information content (AvgIpc) is 2.72. The second-order valence-electron chi connectivity index (χ2n) is 5.99. The highest BCUT2D eigenvalue weighted by atomic mass is 16.5. The summed E-state index contributed by atoms with van der Waals surface area (Å²) in [6, 6.07) is 16.6. The van der Waals surface area contributed by atoms with Gasteiger partial charge in [-0.15, -0.1) is 0 Å². The molecule has 4 rings (SSSR count). The molecule has 0 saturated heterocycles. The molecule has 1 aliphatic heterocycles. The monoisotopic (exact) mass is 292 g/mol. The van der Waals surface area contributed by atoms with Crippen LogP contribution in [0, 0.1) is 0 Å². The lowest BCUT2D eigenvalue weighted by Crippen LogP contribution is -2.19. The van der Waals surface area contributed by atoms with Crippen LogP contribution in [-0.2, 0) is 0 Å². The molecule has 0 bridgehead atoms. The van der Waals surface area contributed by atoms with Crippen LogP contribution in [0.5, 0.6) is 11.5 Å². The number of anilines is 1. The molecule has 1 heterocycles. The van der Waals surface area contributed by atoms with E-state index >= 15 is 0 Å². The first-order valence-electron chi connectivity index (χ1n) is 8.11. The number of ether oxygens (including phenoxy) is 1. The third-order valence-corrected chi connectivity index (χ3v) is 4.39. The van der Waals surface area contributed by atoms with E-state index in [1.54, 1.807) is 0 Å². The van der Waals surface area contributed by atoms with Gasteiger partial charge in [-0.3, -0.25) is 4.99 Å². The van der Waals surface area contributed by atoms with E-state index in [2.05, 4.69) is 11.4 Å². The smallest absolute Gasteiger partial charge is 0.150 e. The molecule has 2 aromatic carbocycles. The maximum Gasteiger partial charge on any atom is 0.150 e. The molecule has 0 radical (unpaired) electrons. The van der Waals surface area contributed by atoms with E-state index in [0.29, 0.717) is 6.04 Å². The van der Waals surface area contributed by atoms with Gasteiger partial charge in [0.2, 0.25) is 0 Å². The maximum absolute atomic E-state index is 6.08. The average molecular weight is 292 g/mol. The summed E-state index contributed by atoms with van der Waals surface area (Å²) in [5.74, 6) is 2.66. The van der Waals surface area contributed by atoms with Crippen LogP contribution in [-0.4, -0.2) is 11.9 Å². The fourth-order valence-electron chi connectivity index (χ4n) is 3.22. The zero-order valence-corrected chi connectivity index (χ0v) is 12.6. The third-order valence-electron chi connectivity index (χ3n) is 4.39. The van der Waals surface area contributed by atoms with Gasteiger partial charge >= 0.3 is 0 Å². The number of nitrogens with one attached hydrogen (secondary N) is 1. The summed E-state index contributed by atoms with van der Waals surface area (Å²) < 4.78 is 6.08. The number of aliphatic imine (C=N–C) groups is 1. The van der Waals surface area contributed by atoms with Crippen molar-refractivity contribution in [1.82, 2.24) is 0 Å². The first-order valence-corrected chi connectivity index (χ1v) is 8.11. The second-order valence-corrected chi connectivity index (χ2v) is 5.99. The lowest BCUT2D eigenvalue weighted by molar-refractivity contribution is 0.443. The van der Waals surface area contributed by atoms with E-state index < -0.39 is 0 Å². The number of hydrogen-bond acceptors (Lipinski definition) is 2. The molecule has 0 amide bonds. The molecule has 1 saturated carbocycles. The van der Waals surface area contributed by atoms with Crippen molar-refractivity contribution >= 4 is 11.5 Å². The number of hydrogen-bond donors (Lipinski definition) is 1. The van der Waals surface area contributed by atoms with Gasteiger partial charge in [0.1, 0.15) is 11.6 Å². The summed E-state index contributed by atoms with van der Waals surface area (Å²) in [5, 5.41) is 3.49. The second kappa shape index (κ2) is 5.84. The Labute approximate surface area is 131 Å². The molecule has 1 fully saturated rings. The van der Waals surface area contributed by atoms with Gasteiger partial charge in [-0.2, -0.15) is 0 Å². The Balaban J connectivity index is 1.77. The van der Waals surface area contributed by atoms with E-state index in [1.807, 2.05) is 42.5 Å². The maximum atomic E-state index is 6.08. The Morgan fingerprint density at radius 3 is 2.45 bits per heavy atom. The predicted molar refractivity (Wildman–Crippen MR) is 90.0 cm³/mol. The van der Waals surface area contributed by atoms with Crippen LogP contribution in [0.15, 0.2) is 53.5 Å². The van der Waals surface area contributed by atoms with Crippen molar-refractivity contribution < 1.29 is 4.74 Å². The molecule has 0 spiro atoms. The molecule has 2 aromatic rings. The molecule has 0 unspecified atom stereocenters. The fraction of sp³-hybridized carbons (Fsp3) is 0.316. The van der Waals surface area contributed by atoms with Gasteiger partial charge in [0, 0.05) is 0 Å². The van der Waals surface area contributed by atoms with Crippen molar-refractivity contribution in [2.24, 2.45) is 4.99 Å². The largest absolute Gasteiger partial charge is 0.454 e. The zero-order chi connectivity index (χ0) is 14.8. The van der Waals surface area contributed by atoms with Gasteiger partial charge in [-0.05, 0) is 37.1 Å². The highest BCUT2D eigenvalue weighted by Gasteiger charge is 2.20. The van der Waals surface area contributed by atoms with Crippen LogP contribution in [0.3, 0.4) is 0 Å². The molecule has 112 valence electrons. The summed E-state index contributed by atoms with van der Waals surface area (Å²) in [6.07, 6.45) is 6.30. The summed E-state index contributed by atoms with van der Waals surface area (Å²) >= 11 is 0. The van der Waals surface area contributed by atoms with Crippen molar-refractivity contribution in [3.8, 4) is 11.5 Å². The van der Waals surface area contributed by atoms with E-state index in [9.17, 15) is 0 Å². The molecule has 2 aliphatic rings. The molecular formula is C19H20N2O. The summed E-state index contributed by atoms with van der Waals surface area (Å²) in [7, 11) is 0. The van der Waals surface area contributed by atoms with Crippen molar-refractivity contribution in [2.75, 3.05) is 5.32 Å². The summed E-state index contributed by atoms with van der Waals surface area (Å²) in [4.78, 5) is 5.02. The van der Waals surface area contributed by atoms with Crippen molar-refractivity contribution in [2.45, 2.75) is 38.1 Å². The van der Waals surface area contributed by atoms with Crippen molar-refractivity contribution in [3.63, 3.8) is 0 Å². The Morgan fingerprint density at radius 1 is 0.864 bits per heavy atom. The van der Waals surface area contributed by atoms with Crippen LogP contribution >= 0.6 is 0 Å². The van der Waals surface area contributed by atoms with Crippen LogP contribution in [0.25, 0.3) is 0 Å². The topological polar surface area (TPSA) is 33.6 Å². The quantitative estimate of drug-likeness (QED) is 0.804. The Bertz CT molecular complexity index is 702. The Kier molecular flexibility index (Phi) is 3.55. The van der Waals surface area contributed by atoms with E-state index in [4.69, 9.17) is 9.73 Å². The molecule has 1 aliphatic carbocycles. The number of fused-ring (bicyclic) bond motifs is 2. The highest BCUT2D eigenvalue weighted by molar-refractivity contribution is 6.11. The standard InChI is InChI=1S/C19H20N2O/c1-2-8-14(9-3-1)20-19-15-10-4-6-12-17(15)22-18-13-7-5-11-16(18)21-19/h4-7,10-14H,1-3,8-9H2,(H,20,21). The Morgan fingerprint density at radius 2 is 1.59 bits per heavy atom. The molecule has 0 aromatic heterocycles.